The molecular formula is C12H19N5. The molecule has 2 heterocycles. The molecular weight excluding hydrogens is 214 g/mol. The van der Waals surface area contributed by atoms with Gasteiger partial charge in [0.15, 0.2) is 5.82 Å². The van der Waals surface area contributed by atoms with Gasteiger partial charge in [0.1, 0.15) is 5.82 Å². The second-order valence-corrected chi connectivity index (χ2v) is 4.43. The molecule has 5 heteroatoms. The molecule has 0 spiro atoms. The Morgan fingerprint density at radius 1 is 1.41 bits per heavy atom. The Balaban J connectivity index is 2.65. The third kappa shape index (κ3) is 1.81. The highest BCUT2D eigenvalue weighted by Crippen LogP contribution is 2.25. The van der Waals surface area contributed by atoms with E-state index in [-0.39, 0.29) is 6.04 Å². The molecule has 0 amide bonds. The Bertz CT molecular complexity index is 521. The molecule has 0 unspecified atom stereocenters. The third-order valence-corrected chi connectivity index (χ3v) is 2.86. The highest BCUT2D eigenvalue weighted by atomic mass is 15.4. The first-order valence-corrected chi connectivity index (χ1v) is 5.93. The molecule has 0 aromatic carbocycles. The minimum absolute atomic E-state index is 0.271. The van der Waals surface area contributed by atoms with Gasteiger partial charge >= 0.3 is 0 Å². The molecule has 92 valence electrons. The predicted molar refractivity (Wildman–Crippen MR) is 68.3 cm³/mol. The van der Waals surface area contributed by atoms with E-state index < -0.39 is 0 Å². The van der Waals surface area contributed by atoms with Gasteiger partial charge < -0.3 is 5.73 Å². The number of hydrogen-bond donors (Lipinski definition) is 1. The molecule has 0 bridgehead atoms. The van der Waals surface area contributed by atoms with Crippen LogP contribution in [0, 0.1) is 6.92 Å². The van der Waals surface area contributed by atoms with Gasteiger partial charge in [-0.2, -0.15) is 5.10 Å². The molecule has 2 rings (SSSR count). The molecule has 0 saturated carbocycles. The third-order valence-electron chi connectivity index (χ3n) is 2.86. The van der Waals surface area contributed by atoms with Crippen molar-refractivity contribution in [1.82, 2.24) is 19.3 Å². The molecule has 2 N–H and O–H groups in total. The van der Waals surface area contributed by atoms with E-state index in [1.807, 2.05) is 22.4 Å². The minimum Gasteiger partial charge on any atom is -0.394 e. The van der Waals surface area contributed by atoms with E-state index in [0.717, 1.165) is 29.4 Å². The molecule has 2 aromatic heterocycles. The Morgan fingerprint density at radius 2 is 2.12 bits per heavy atom. The average Bonchev–Trinajstić information content (AvgIpc) is 2.84. The minimum atomic E-state index is 0.271. The highest BCUT2D eigenvalue weighted by Gasteiger charge is 2.17. The largest absolute Gasteiger partial charge is 0.394 e. The lowest BCUT2D eigenvalue weighted by Gasteiger charge is -2.13. The van der Waals surface area contributed by atoms with Crippen molar-refractivity contribution in [2.75, 3.05) is 5.73 Å². The van der Waals surface area contributed by atoms with Crippen molar-refractivity contribution >= 4 is 5.69 Å². The standard InChI is InChI=1S/C12H19N5/c1-5-10-14-6-7-16(10)12-11(13)9(4)15-17(12)8(2)3/h6-8H,5,13H2,1-4H3. The van der Waals surface area contributed by atoms with Gasteiger partial charge in [0, 0.05) is 24.9 Å². The monoisotopic (exact) mass is 233 g/mol. The Kier molecular flexibility index (Phi) is 2.92. The highest BCUT2D eigenvalue weighted by molar-refractivity contribution is 5.58. The van der Waals surface area contributed by atoms with Gasteiger partial charge in [-0.05, 0) is 20.8 Å². The maximum Gasteiger partial charge on any atom is 0.160 e. The van der Waals surface area contributed by atoms with Crippen LogP contribution in [0.5, 0.6) is 0 Å². The van der Waals surface area contributed by atoms with Gasteiger partial charge in [0.25, 0.3) is 0 Å². The molecule has 0 aliphatic heterocycles. The first kappa shape index (κ1) is 11.7. The van der Waals surface area contributed by atoms with Crippen LogP contribution in [0.3, 0.4) is 0 Å². The topological polar surface area (TPSA) is 61.7 Å². The summed E-state index contributed by atoms with van der Waals surface area (Å²) < 4.78 is 3.97. The summed E-state index contributed by atoms with van der Waals surface area (Å²) in [7, 11) is 0. The number of imidazole rings is 1. The second-order valence-electron chi connectivity index (χ2n) is 4.43. The van der Waals surface area contributed by atoms with Crippen molar-refractivity contribution in [2.24, 2.45) is 0 Å². The number of aryl methyl sites for hydroxylation is 2. The van der Waals surface area contributed by atoms with Gasteiger partial charge in [-0.25, -0.2) is 9.67 Å². The van der Waals surface area contributed by atoms with Crippen molar-refractivity contribution in [3.8, 4) is 5.82 Å². The quantitative estimate of drug-likeness (QED) is 0.883. The fraction of sp³-hybridized carbons (Fsp3) is 0.500. The van der Waals surface area contributed by atoms with Gasteiger partial charge in [0.2, 0.25) is 0 Å². The zero-order valence-corrected chi connectivity index (χ0v) is 10.8. The van der Waals surface area contributed by atoms with Gasteiger partial charge in [-0.15, -0.1) is 0 Å². The molecule has 17 heavy (non-hydrogen) atoms. The molecule has 5 nitrogen and oxygen atoms in total. The van der Waals surface area contributed by atoms with Crippen LogP contribution in [-0.4, -0.2) is 19.3 Å². The molecule has 0 saturated heterocycles. The number of nitrogen functional groups attached to an aromatic ring is 1. The van der Waals surface area contributed by atoms with E-state index in [9.17, 15) is 0 Å². The summed E-state index contributed by atoms with van der Waals surface area (Å²) in [6, 6.07) is 0.271. The number of rotatable bonds is 3. The average molecular weight is 233 g/mol. The number of anilines is 1. The summed E-state index contributed by atoms with van der Waals surface area (Å²) in [6.45, 7) is 8.20. The normalized spacial score (nSPS) is 11.4. The van der Waals surface area contributed by atoms with E-state index in [1.54, 1.807) is 6.20 Å². The van der Waals surface area contributed by atoms with Gasteiger partial charge in [-0.1, -0.05) is 6.92 Å². The maximum atomic E-state index is 6.12. The SMILES string of the molecule is CCc1nccn1-c1c(N)c(C)nn1C(C)C. The first-order valence-electron chi connectivity index (χ1n) is 5.93. The van der Waals surface area contributed by atoms with Crippen molar-refractivity contribution in [3.63, 3.8) is 0 Å². The first-order chi connectivity index (χ1) is 8.06. The van der Waals surface area contributed by atoms with Crippen LogP contribution in [0.25, 0.3) is 5.82 Å². The lowest BCUT2D eigenvalue weighted by atomic mass is 10.3. The predicted octanol–water partition coefficient (Wildman–Crippen LogP) is 2.10. The fourth-order valence-corrected chi connectivity index (χ4v) is 1.94. The van der Waals surface area contributed by atoms with Crippen LogP contribution >= 0.6 is 0 Å². The summed E-state index contributed by atoms with van der Waals surface area (Å²) in [6.07, 6.45) is 4.60. The summed E-state index contributed by atoms with van der Waals surface area (Å²) in [5, 5.41) is 4.48. The second kappa shape index (κ2) is 4.24. The molecule has 0 radical (unpaired) electrons. The Morgan fingerprint density at radius 3 is 2.71 bits per heavy atom. The molecule has 0 aliphatic carbocycles. The zero-order chi connectivity index (χ0) is 12.6. The lowest BCUT2D eigenvalue weighted by molar-refractivity contribution is 0.516. The summed E-state index contributed by atoms with van der Waals surface area (Å²) in [5.41, 5.74) is 7.72. The number of hydrogen-bond acceptors (Lipinski definition) is 3. The molecule has 0 fully saturated rings. The van der Waals surface area contributed by atoms with Crippen LogP contribution in [0.2, 0.25) is 0 Å². The van der Waals surface area contributed by atoms with E-state index >= 15 is 0 Å². The smallest absolute Gasteiger partial charge is 0.160 e. The van der Waals surface area contributed by atoms with Crippen molar-refractivity contribution in [3.05, 3.63) is 23.9 Å². The molecule has 2 aromatic rings. The van der Waals surface area contributed by atoms with Crippen LogP contribution in [-0.2, 0) is 6.42 Å². The van der Waals surface area contributed by atoms with E-state index in [0.29, 0.717) is 0 Å². The van der Waals surface area contributed by atoms with Crippen LogP contribution in [0.4, 0.5) is 5.69 Å². The maximum absolute atomic E-state index is 6.12. The summed E-state index contributed by atoms with van der Waals surface area (Å²) in [5.74, 6) is 1.92. The number of aromatic nitrogens is 4. The molecule has 0 atom stereocenters. The van der Waals surface area contributed by atoms with Crippen LogP contribution < -0.4 is 5.73 Å². The van der Waals surface area contributed by atoms with Crippen molar-refractivity contribution in [1.29, 1.82) is 0 Å². The van der Waals surface area contributed by atoms with Gasteiger partial charge in [0.05, 0.1) is 11.4 Å². The summed E-state index contributed by atoms with van der Waals surface area (Å²) >= 11 is 0. The fourth-order valence-electron chi connectivity index (χ4n) is 1.94. The van der Waals surface area contributed by atoms with E-state index in [2.05, 4.69) is 30.9 Å². The number of nitrogens with two attached hydrogens (primary N) is 1. The Labute approximate surface area is 101 Å². The van der Waals surface area contributed by atoms with E-state index in [4.69, 9.17) is 5.73 Å². The van der Waals surface area contributed by atoms with Crippen molar-refractivity contribution in [2.45, 2.75) is 40.2 Å². The zero-order valence-electron chi connectivity index (χ0n) is 10.8. The van der Waals surface area contributed by atoms with Gasteiger partial charge in [-0.3, -0.25) is 4.57 Å². The van der Waals surface area contributed by atoms with Crippen molar-refractivity contribution < 1.29 is 0 Å². The molecule has 0 aliphatic rings. The van der Waals surface area contributed by atoms with Crippen LogP contribution in [0.1, 0.15) is 38.3 Å². The van der Waals surface area contributed by atoms with E-state index in [1.165, 1.54) is 0 Å². The summed E-state index contributed by atoms with van der Waals surface area (Å²) in [4.78, 5) is 4.33. The lowest BCUT2D eigenvalue weighted by Crippen LogP contribution is -2.12. The number of nitrogens with zero attached hydrogens (tertiary/aromatic N) is 4. The Hall–Kier alpha value is -1.78. The van der Waals surface area contributed by atoms with Crippen LogP contribution in [0.15, 0.2) is 12.4 Å².